The number of piperidine rings is 1. The zero-order chi connectivity index (χ0) is 14.9. The summed E-state index contributed by atoms with van der Waals surface area (Å²) in [7, 11) is 0. The third-order valence-corrected chi connectivity index (χ3v) is 4.34. The molecule has 1 unspecified atom stereocenters. The van der Waals surface area contributed by atoms with Crippen molar-refractivity contribution in [2.45, 2.75) is 43.6 Å². The fourth-order valence-electron chi connectivity index (χ4n) is 3.10. The molecule has 2 N–H and O–H groups in total. The van der Waals surface area contributed by atoms with E-state index in [0.717, 1.165) is 31.5 Å². The second kappa shape index (κ2) is 5.72. The first-order valence-corrected chi connectivity index (χ1v) is 7.53. The molecular formula is C16H20F2N2O. The third kappa shape index (κ3) is 3.40. The van der Waals surface area contributed by atoms with E-state index >= 15 is 0 Å². The topological polar surface area (TPSA) is 41.1 Å². The van der Waals surface area contributed by atoms with Gasteiger partial charge in [0.15, 0.2) is 0 Å². The number of hydrogen-bond donors (Lipinski definition) is 2. The number of amides is 1. The van der Waals surface area contributed by atoms with Crippen LogP contribution in [0.5, 0.6) is 0 Å². The summed E-state index contributed by atoms with van der Waals surface area (Å²) in [5, 5.41) is 6.04. The van der Waals surface area contributed by atoms with Crippen LogP contribution in [0.4, 0.5) is 8.78 Å². The van der Waals surface area contributed by atoms with Crippen LogP contribution in [0.3, 0.4) is 0 Å². The van der Waals surface area contributed by atoms with Crippen LogP contribution in [0.15, 0.2) is 24.3 Å². The average Bonchev–Trinajstić information content (AvgIpc) is 2.46. The first kappa shape index (κ1) is 14.4. The van der Waals surface area contributed by atoms with Gasteiger partial charge in [-0.25, -0.2) is 8.78 Å². The zero-order valence-corrected chi connectivity index (χ0v) is 11.9. The standard InChI is InChI=1S/C16H20F2N2O/c17-16(18)8-14(9-16)20-15(21)12-4-1-3-11(7-12)13-5-2-6-19-10-13/h1,3-4,7,13-14,19H,2,5-6,8-10H2,(H,20,21). The smallest absolute Gasteiger partial charge is 0.252 e. The molecular weight excluding hydrogens is 274 g/mol. The highest BCUT2D eigenvalue weighted by molar-refractivity contribution is 5.94. The minimum atomic E-state index is -2.60. The van der Waals surface area contributed by atoms with Crippen LogP contribution in [-0.2, 0) is 0 Å². The lowest BCUT2D eigenvalue weighted by Crippen LogP contribution is -2.50. The van der Waals surface area contributed by atoms with Crippen molar-refractivity contribution in [2.75, 3.05) is 13.1 Å². The number of benzene rings is 1. The minimum Gasteiger partial charge on any atom is -0.349 e. The Hall–Kier alpha value is -1.49. The van der Waals surface area contributed by atoms with Gasteiger partial charge < -0.3 is 10.6 Å². The molecule has 21 heavy (non-hydrogen) atoms. The van der Waals surface area contributed by atoms with Gasteiger partial charge in [0.2, 0.25) is 0 Å². The van der Waals surface area contributed by atoms with E-state index in [1.165, 1.54) is 0 Å². The van der Waals surface area contributed by atoms with Crippen molar-refractivity contribution in [1.29, 1.82) is 0 Å². The number of rotatable bonds is 3. The molecule has 1 saturated heterocycles. The van der Waals surface area contributed by atoms with Crippen LogP contribution in [0, 0.1) is 0 Å². The van der Waals surface area contributed by atoms with Crippen molar-refractivity contribution in [3.8, 4) is 0 Å². The second-order valence-electron chi connectivity index (χ2n) is 6.10. The van der Waals surface area contributed by atoms with E-state index in [1.54, 1.807) is 6.07 Å². The van der Waals surface area contributed by atoms with E-state index in [2.05, 4.69) is 10.6 Å². The van der Waals surface area contributed by atoms with Crippen molar-refractivity contribution < 1.29 is 13.6 Å². The van der Waals surface area contributed by atoms with Crippen LogP contribution in [0.1, 0.15) is 47.5 Å². The van der Waals surface area contributed by atoms with Gasteiger partial charge in [-0.15, -0.1) is 0 Å². The molecule has 1 heterocycles. The lowest BCUT2D eigenvalue weighted by Gasteiger charge is -2.35. The van der Waals surface area contributed by atoms with Gasteiger partial charge in [-0.2, -0.15) is 0 Å². The van der Waals surface area contributed by atoms with Crippen LogP contribution in [-0.4, -0.2) is 31.0 Å². The molecule has 1 amide bonds. The van der Waals surface area contributed by atoms with Crippen molar-refractivity contribution in [2.24, 2.45) is 0 Å². The molecule has 1 atom stereocenters. The van der Waals surface area contributed by atoms with Gasteiger partial charge in [-0.05, 0) is 43.0 Å². The molecule has 114 valence electrons. The van der Waals surface area contributed by atoms with Crippen LogP contribution in [0.2, 0.25) is 0 Å². The molecule has 1 saturated carbocycles. The molecule has 5 heteroatoms. The maximum absolute atomic E-state index is 12.8. The summed E-state index contributed by atoms with van der Waals surface area (Å²) in [4.78, 5) is 12.1. The van der Waals surface area contributed by atoms with Crippen LogP contribution < -0.4 is 10.6 Å². The summed E-state index contributed by atoms with van der Waals surface area (Å²) in [6, 6.07) is 7.14. The van der Waals surface area contributed by atoms with E-state index < -0.39 is 12.0 Å². The van der Waals surface area contributed by atoms with E-state index in [1.807, 2.05) is 18.2 Å². The maximum atomic E-state index is 12.8. The molecule has 1 aliphatic carbocycles. The molecule has 2 aliphatic rings. The van der Waals surface area contributed by atoms with E-state index in [4.69, 9.17) is 0 Å². The van der Waals surface area contributed by atoms with Crippen molar-refractivity contribution in [1.82, 2.24) is 10.6 Å². The Kier molecular flexibility index (Phi) is 3.93. The molecule has 3 rings (SSSR count). The van der Waals surface area contributed by atoms with Crippen molar-refractivity contribution >= 4 is 5.91 Å². The SMILES string of the molecule is O=C(NC1CC(F)(F)C1)c1cccc(C2CCCNC2)c1. The number of nitrogens with one attached hydrogen (secondary N) is 2. The minimum absolute atomic E-state index is 0.245. The molecule has 0 radical (unpaired) electrons. The summed E-state index contributed by atoms with van der Waals surface area (Å²) < 4.78 is 25.6. The second-order valence-corrected chi connectivity index (χ2v) is 6.10. The highest BCUT2D eigenvalue weighted by Gasteiger charge is 2.45. The van der Waals surface area contributed by atoms with Crippen LogP contribution >= 0.6 is 0 Å². The van der Waals surface area contributed by atoms with Gasteiger partial charge in [0.25, 0.3) is 11.8 Å². The fraction of sp³-hybridized carbons (Fsp3) is 0.562. The van der Waals surface area contributed by atoms with Crippen molar-refractivity contribution in [3.05, 3.63) is 35.4 Å². The molecule has 1 aromatic carbocycles. The Morgan fingerprint density at radius 2 is 2.14 bits per heavy atom. The summed E-state index contributed by atoms with van der Waals surface area (Å²) in [6.45, 7) is 1.98. The first-order chi connectivity index (χ1) is 10.0. The number of carbonyl (C=O) groups is 1. The molecule has 3 nitrogen and oxygen atoms in total. The third-order valence-electron chi connectivity index (χ3n) is 4.34. The van der Waals surface area contributed by atoms with Gasteiger partial charge in [0.05, 0.1) is 0 Å². The van der Waals surface area contributed by atoms with Gasteiger partial charge in [-0.3, -0.25) is 4.79 Å². The Bertz CT molecular complexity index is 519. The summed E-state index contributed by atoms with van der Waals surface area (Å²) in [5.74, 6) is -2.42. The highest BCUT2D eigenvalue weighted by atomic mass is 19.3. The lowest BCUT2D eigenvalue weighted by molar-refractivity contribution is -0.0901. The summed E-state index contributed by atoms with van der Waals surface area (Å²) in [5.41, 5.74) is 1.71. The Morgan fingerprint density at radius 3 is 2.81 bits per heavy atom. The molecule has 1 aromatic rings. The highest BCUT2D eigenvalue weighted by Crippen LogP contribution is 2.37. The predicted octanol–water partition coefficient (Wildman–Crippen LogP) is 2.68. The summed E-state index contributed by atoms with van der Waals surface area (Å²) in [6.07, 6.45) is 1.76. The number of hydrogen-bond acceptors (Lipinski definition) is 2. The van der Waals surface area contributed by atoms with Gasteiger partial charge in [0.1, 0.15) is 0 Å². The Morgan fingerprint density at radius 1 is 1.33 bits per heavy atom. The zero-order valence-electron chi connectivity index (χ0n) is 11.9. The molecule has 2 fully saturated rings. The van der Waals surface area contributed by atoms with Crippen molar-refractivity contribution in [3.63, 3.8) is 0 Å². The largest absolute Gasteiger partial charge is 0.349 e. The monoisotopic (exact) mass is 294 g/mol. The number of carbonyl (C=O) groups excluding carboxylic acids is 1. The molecule has 1 aliphatic heterocycles. The fourth-order valence-corrected chi connectivity index (χ4v) is 3.10. The summed E-state index contributed by atoms with van der Waals surface area (Å²) >= 11 is 0. The number of alkyl halides is 2. The van der Waals surface area contributed by atoms with Gasteiger partial charge in [0, 0.05) is 31.0 Å². The number of halogens is 2. The average molecular weight is 294 g/mol. The maximum Gasteiger partial charge on any atom is 0.252 e. The lowest BCUT2D eigenvalue weighted by atomic mass is 9.87. The predicted molar refractivity (Wildman–Crippen MR) is 76.7 cm³/mol. The van der Waals surface area contributed by atoms with Gasteiger partial charge >= 0.3 is 0 Å². The molecule has 0 bridgehead atoms. The quantitative estimate of drug-likeness (QED) is 0.900. The Balaban J connectivity index is 1.63. The van der Waals surface area contributed by atoms with E-state index in [0.29, 0.717) is 11.5 Å². The first-order valence-electron chi connectivity index (χ1n) is 7.53. The molecule has 0 aromatic heterocycles. The normalized spacial score (nSPS) is 25.1. The van der Waals surface area contributed by atoms with Gasteiger partial charge in [-0.1, -0.05) is 12.1 Å². The van der Waals surface area contributed by atoms with Crippen LogP contribution in [0.25, 0.3) is 0 Å². The molecule has 0 spiro atoms. The van der Waals surface area contributed by atoms with E-state index in [-0.39, 0.29) is 18.7 Å². The Labute approximate surface area is 123 Å². The van der Waals surface area contributed by atoms with E-state index in [9.17, 15) is 13.6 Å².